The van der Waals surface area contributed by atoms with Gasteiger partial charge in [0.15, 0.2) is 5.82 Å². The second kappa shape index (κ2) is 6.90. The van der Waals surface area contributed by atoms with E-state index in [1.165, 1.54) is 0 Å². The Hall–Kier alpha value is -2.70. The number of nitrogens with zero attached hydrogens (tertiary/aromatic N) is 2. The molecule has 136 valence electrons. The van der Waals surface area contributed by atoms with Gasteiger partial charge in [-0.15, -0.1) is 0 Å². The molecule has 2 unspecified atom stereocenters. The minimum Gasteiger partial charge on any atom is -0.481 e. The minimum absolute atomic E-state index is 0.109. The van der Waals surface area contributed by atoms with Gasteiger partial charge < -0.3 is 10.4 Å². The molecular weight excluding hydrogens is 332 g/mol. The number of hydrogen-bond donors (Lipinski definition) is 3. The van der Waals surface area contributed by atoms with E-state index in [9.17, 15) is 14.7 Å². The Morgan fingerprint density at radius 2 is 1.96 bits per heavy atom. The van der Waals surface area contributed by atoms with Crippen molar-refractivity contribution in [2.45, 2.75) is 44.4 Å². The number of rotatable bonds is 5. The van der Waals surface area contributed by atoms with Gasteiger partial charge in [-0.2, -0.15) is 5.10 Å². The topological polar surface area (TPSA) is 108 Å². The number of aliphatic carboxylic acids is 1. The lowest BCUT2D eigenvalue weighted by Crippen LogP contribution is -2.30. The third-order valence-corrected chi connectivity index (χ3v) is 5.25. The molecule has 0 bridgehead atoms. The van der Waals surface area contributed by atoms with Crippen molar-refractivity contribution >= 4 is 17.6 Å². The summed E-state index contributed by atoms with van der Waals surface area (Å²) in [5.74, 6) is 0.483. The average molecular weight is 354 g/mol. The molecule has 2 aromatic rings. The van der Waals surface area contributed by atoms with Crippen LogP contribution in [0, 0.1) is 11.8 Å². The van der Waals surface area contributed by atoms with Crippen molar-refractivity contribution in [3.8, 4) is 11.4 Å². The highest BCUT2D eigenvalue weighted by Crippen LogP contribution is 2.38. The summed E-state index contributed by atoms with van der Waals surface area (Å²) in [6, 6.07) is 7.46. The van der Waals surface area contributed by atoms with Crippen LogP contribution in [0.4, 0.5) is 5.69 Å². The van der Waals surface area contributed by atoms with Gasteiger partial charge in [0.2, 0.25) is 5.91 Å². The zero-order chi connectivity index (χ0) is 18.1. The van der Waals surface area contributed by atoms with Crippen LogP contribution in [0.1, 0.15) is 50.3 Å². The normalized spacial score (nSPS) is 22.8. The highest BCUT2D eigenvalue weighted by atomic mass is 16.4. The molecule has 2 aliphatic rings. The van der Waals surface area contributed by atoms with Crippen LogP contribution < -0.4 is 5.32 Å². The molecule has 7 nitrogen and oxygen atoms in total. The molecule has 2 aliphatic carbocycles. The van der Waals surface area contributed by atoms with Crippen molar-refractivity contribution in [2.75, 3.05) is 5.32 Å². The maximum Gasteiger partial charge on any atom is 0.306 e. The predicted molar refractivity (Wildman–Crippen MR) is 95.5 cm³/mol. The van der Waals surface area contributed by atoms with Crippen LogP contribution in [0.2, 0.25) is 0 Å². The summed E-state index contributed by atoms with van der Waals surface area (Å²) in [5.41, 5.74) is 1.53. The van der Waals surface area contributed by atoms with Gasteiger partial charge in [0.05, 0.1) is 5.92 Å². The number of aromatic nitrogens is 3. The van der Waals surface area contributed by atoms with E-state index in [2.05, 4.69) is 20.5 Å². The zero-order valence-corrected chi connectivity index (χ0v) is 14.4. The number of carboxylic acid groups (broad SMARTS) is 1. The summed E-state index contributed by atoms with van der Waals surface area (Å²) in [6.45, 7) is 0. The molecule has 0 spiro atoms. The van der Waals surface area contributed by atoms with E-state index >= 15 is 0 Å². The fourth-order valence-corrected chi connectivity index (χ4v) is 3.58. The van der Waals surface area contributed by atoms with E-state index < -0.39 is 11.9 Å². The van der Waals surface area contributed by atoms with Crippen molar-refractivity contribution in [3.63, 3.8) is 0 Å². The molecular formula is C19H22N4O3. The van der Waals surface area contributed by atoms with Gasteiger partial charge in [0, 0.05) is 23.1 Å². The minimum atomic E-state index is -0.805. The summed E-state index contributed by atoms with van der Waals surface area (Å²) < 4.78 is 0. The number of anilines is 1. The lowest BCUT2D eigenvalue weighted by Gasteiger charge is -2.25. The van der Waals surface area contributed by atoms with Crippen molar-refractivity contribution in [1.29, 1.82) is 0 Å². The zero-order valence-electron chi connectivity index (χ0n) is 14.4. The molecule has 7 heteroatoms. The molecule has 0 radical (unpaired) electrons. The number of nitrogens with one attached hydrogen (secondary N) is 2. The highest BCUT2D eigenvalue weighted by Gasteiger charge is 2.31. The monoisotopic (exact) mass is 354 g/mol. The third-order valence-electron chi connectivity index (χ3n) is 5.25. The molecule has 2 atom stereocenters. The standard InChI is InChI=1S/C19H22N4O3/c24-18(13-4-1-5-14(9-13)19(25)26)20-15-6-2-3-12(10-15)17-21-16(22-23-17)11-7-8-11/h2-3,6,10-11,13-14H,1,4-5,7-9H2,(H,20,24)(H,25,26)(H,21,22,23). The van der Waals surface area contributed by atoms with Crippen LogP contribution in [-0.4, -0.2) is 32.2 Å². The number of H-pyrrole nitrogens is 1. The van der Waals surface area contributed by atoms with Gasteiger partial charge in [-0.3, -0.25) is 14.7 Å². The molecule has 4 rings (SSSR count). The first-order valence-electron chi connectivity index (χ1n) is 9.16. The number of carbonyl (C=O) groups is 2. The second-order valence-electron chi connectivity index (χ2n) is 7.29. The summed E-state index contributed by atoms with van der Waals surface area (Å²) >= 11 is 0. The first-order chi connectivity index (χ1) is 12.6. The van der Waals surface area contributed by atoms with Crippen LogP contribution in [0.5, 0.6) is 0 Å². The van der Waals surface area contributed by atoms with E-state index in [1.54, 1.807) is 0 Å². The maximum absolute atomic E-state index is 12.5. The number of amides is 1. The molecule has 1 aromatic carbocycles. The Morgan fingerprint density at radius 3 is 2.73 bits per heavy atom. The Bertz CT molecular complexity index is 828. The van der Waals surface area contributed by atoms with Gasteiger partial charge in [-0.05, 0) is 44.2 Å². The fourth-order valence-electron chi connectivity index (χ4n) is 3.58. The molecule has 2 saturated carbocycles. The van der Waals surface area contributed by atoms with E-state index in [1.807, 2.05) is 24.3 Å². The average Bonchev–Trinajstić information content (AvgIpc) is 3.39. The van der Waals surface area contributed by atoms with Crippen LogP contribution in [0.15, 0.2) is 24.3 Å². The first kappa shape index (κ1) is 16.8. The molecule has 1 aromatic heterocycles. The van der Waals surface area contributed by atoms with Gasteiger partial charge >= 0.3 is 5.97 Å². The predicted octanol–water partition coefficient (Wildman–Crippen LogP) is 3.18. The van der Waals surface area contributed by atoms with E-state index in [0.717, 1.165) is 37.1 Å². The van der Waals surface area contributed by atoms with E-state index in [-0.39, 0.29) is 11.8 Å². The van der Waals surface area contributed by atoms with E-state index in [4.69, 9.17) is 0 Å². The molecule has 2 fully saturated rings. The van der Waals surface area contributed by atoms with Crippen molar-refractivity contribution < 1.29 is 14.7 Å². The largest absolute Gasteiger partial charge is 0.481 e. The lowest BCUT2D eigenvalue weighted by atomic mass is 9.81. The third kappa shape index (κ3) is 3.61. The highest BCUT2D eigenvalue weighted by molar-refractivity contribution is 5.93. The smallest absolute Gasteiger partial charge is 0.306 e. The fraction of sp³-hybridized carbons (Fsp3) is 0.474. The van der Waals surface area contributed by atoms with Gasteiger partial charge in [-0.25, -0.2) is 4.98 Å². The second-order valence-corrected chi connectivity index (χ2v) is 7.29. The number of benzene rings is 1. The molecule has 3 N–H and O–H groups in total. The summed E-state index contributed by atoms with van der Waals surface area (Å²) in [5, 5.41) is 19.4. The molecule has 26 heavy (non-hydrogen) atoms. The molecule has 1 amide bonds. The quantitative estimate of drug-likeness (QED) is 0.764. The number of aromatic amines is 1. The summed E-state index contributed by atoms with van der Waals surface area (Å²) in [4.78, 5) is 28.3. The maximum atomic E-state index is 12.5. The molecule has 0 aliphatic heterocycles. The van der Waals surface area contributed by atoms with Crippen molar-refractivity contribution in [2.24, 2.45) is 11.8 Å². The Kier molecular flexibility index (Phi) is 4.44. The number of carbonyl (C=O) groups excluding carboxylic acids is 1. The Balaban J connectivity index is 1.44. The number of hydrogen-bond acceptors (Lipinski definition) is 4. The lowest BCUT2D eigenvalue weighted by molar-refractivity contribution is -0.143. The molecule has 1 heterocycles. The van der Waals surface area contributed by atoms with Crippen LogP contribution >= 0.6 is 0 Å². The Morgan fingerprint density at radius 1 is 1.15 bits per heavy atom. The SMILES string of the molecule is O=C(O)C1CCCC(C(=O)Nc2cccc(-c3n[nH]c(C4CC4)n3)c2)C1. The van der Waals surface area contributed by atoms with Gasteiger partial charge in [0.25, 0.3) is 0 Å². The van der Waals surface area contributed by atoms with E-state index in [0.29, 0.717) is 30.3 Å². The van der Waals surface area contributed by atoms with Gasteiger partial charge in [0.1, 0.15) is 5.82 Å². The van der Waals surface area contributed by atoms with Crippen LogP contribution in [0.3, 0.4) is 0 Å². The van der Waals surface area contributed by atoms with Gasteiger partial charge in [-0.1, -0.05) is 18.6 Å². The van der Waals surface area contributed by atoms with Crippen molar-refractivity contribution in [1.82, 2.24) is 15.2 Å². The van der Waals surface area contributed by atoms with Crippen LogP contribution in [-0.2, 0) is 9.59 Å². The summed E-state index contributed by atoms with van der Waals surface area (Å²) in [7, 11) is 0. The number of carboxylic acids is 1. The molecule has 0 saturated heterocycles. The van der Waals surface area contributed by atoms with Crippen LogP contribution in [0.25, 0.3) is 11.4 Å². The first-order valence-corrected chi connectivity index (χ1v) is 9.16. The summed E-state index contributed by atoms with van der Waals surface area (Å²) in [6.07, 6.45) is 4.89. The Labute approximate surface area is 151 Å². The van der Waals surface area contributed by atoms with Crippen molar-refractivity contribution in [3.05, 3.63) is 30.1 Å².